The number of furan rings is 1. The van der Waals surface area contributed by atoms with Crippen LogP contribution in [0.25, 0.3) is 43.8 Å². The van der Waals surface area contributed by atoms with Crippen LogP contribution >= 0.6 is 0 Å². The fourth-order valence-electron chi connectivity index (χ4n) is 9.60. The van der Waals surface area contributed by atoms with Gasteiger partial charge in [-0.15, -0.1) is 0 Å². The zero-order valence-electron chi connectivity index (χ0n) is 31.5. The van der Waals surface area contributed by atoms with E-state index in [2.05, 4.69) is 201 Å². The smallest absolute Gasteiger partial charge is 0.159 e. The lowest BCUT2D eigenvalue weighted by Gasteiger charge is -2.43. The van der Waals surface area contributed by atoms with Gasteiger partial charge in [0.2, 0.25) is 0 Å². The van der Waals surface area contributed by atoms with Crippen molar-refractivity contribution < 1.29 is 4.42 Å². The van der Waals surface area contributed by atoms with E-state index in [-0.39, 0.29) is 10.8 Å². The second-order valence-electron chi connectivity index (χ2n) is 16.2. The van der Waals surface area contributed by atoms with Crippen molar-refractivity contribution in [2.45, 2.75) is 38.5 Å². The Morgan fingerprint density at radius 2 is 0.818 bits per heavy atom. The number of para-hydroxylation sites is 4. The first-order valence-corrected chi connectivity index (χ1v) is 19.3. The van der Waals surface area contributed by atoms with Crippen molar-refractivity contribution in [1.82, 2.24) is 0 Å². The Hall–Kier alpha value is -6.58. The molecule has 2 aliphatic heterocycles. The molecule has 0 atom stereocenters. The summed E-state index contributed by atoms with van der Waals surface area (Å²) in [6, 6.07) is 62.2. The highest BCUT2D eigenvalue weighted by atomic mass is 16.3. The van der Waals surface area contributed by atoms with Crippen LogP contribution in [0.2, 0.25) is 0 Å². The van der Waals surface area contributed by atoms with Crippen LogP contribution in [-0.4, -0.2) is 0 Å². The first-order chi connectivity index (χ1) is 26.8. The maximum absolute atomic E-state index is 6.63. The molecule has 1 aromatic heterocycles. The van der Waals surface area contributed by atoms with E-state index in [1.54, 1.807) is 0 Å². The van der Waals surface area contributed by atoms with Crippen molar-refractivity contribution in [3.63, 3.8) is 0 Å². The minimum Gasteiger partial charge on any atom is -0.454 e. The topological polar surface area (TPSA) is 19.6 Å². The van der Waals surface area contributed by atoms with Crippen LogP contribution in [0.15, 0.2) is 174 Å². The van der Waals surface area contributed by atoms with Gasteiger partial charge in [0.05, 0.1) is 34.1 Å². The Morgan fingerprint density at radius 3 is 1.49 bits per heavy atom. The van der Waals surface area contributed by atoms with Gasteiger partial charge in [-0.05, 0) is 93.4 Å². The third-order valence-corrected chi connectivity index (χ3v) is 12.4. The molecule has 8 aromatic carbocycles. The molecule has 55 heavy (non-hydrogen) atoms. The van der Waals surface area contributed by atoms with Crippen molar-refractivity contribution in [3.8, 4) is 11.1 Å². The highest BCUT2D eigenvalue weighted by Crippen LogP contribution is 2.56. The molecule has 0 unspecified atom stereocenters. The molecule has 9 aromatic rings. The van der Waals surface area contributed by atoms with E-state index in [9.17, 15) is 0 Å². The average molecular weight is 709 g/mol. The van der Waals surface area contributed by atoms with Gasteiger partial charge in [0, 0.05) is 27.0 Å². The van der Waals surface area contributed by atoms with Crippen LogP contribution < -0.4 is 9.80 Å². The van der Waals surface area contributed by atoms with Crippen LogP contribution in [0.3, 0.4) is 0 Å². The first-order valence-electron chi connectivity index (χ1n) is 19.3. The number of benzene rings is 8. The summed E-state index contributed by atoms with van der Waals surface area (Å²) < 4.78 is 6.63. The Balaban J connectivity index is 1.10. The standard InChI is InChI=1S/C52H40N2O/c1-51(2)39-20-8-10-22-44(39)53(43-24-13-16-33-15-5-6-17-36(33)43)46-29-27-34(31-41(46)51)35-28-30-47-42(32-35)52(3,4)40-21-9-11-23-45(40)54(47)48-25-14-19-38-37-18-7-12-26-49(37)55-50(38)48/h5-32H,1-4H3. The predicted octanol–water partition coefficient (Wildman–Crippen LogP) is 14.6. The molecule has 3 nitrogen and oxygen atoms in total. The number of hydrogen-bond acceptors (Lipinski definition) is 3. The van der Waals surface area contributed by atoms with E-state index >= 15 is 0 Å². The van der Waals surface area contributed by atoms with Gasteiger partial charge in [-0.1, -0.05) is 143 Å². The van der Waals surface area contributed by atoms with Gasteiger partial charge in [-0.25, -0.2) is 0 Å². The third-order valence-electron chi connectivity index (χ3n) is 12.4. The number of fused-ring (bicyclic) bond motifs is 8. The molecule has 3 heterocycles. The molecule has 0 bridgehead atoms. The van der Waals surface area contributed by atoms with Crippen LogP contribution in [0.4, 0.5) is 34.1 Å². The van der Waals surface area contributed by atoms with Crippen molar-refractivity contribution in [2.75, 3.05) is 9.80 Å². The Morgan fingerprint density at radius 1 is 0.364 bits per heavy atom. The minimum atomic E-state index is -0.238. The fourth-order valence-corrected chi connectivity index (χ4v) is 9.60. The quantitative estimate of drug-likeness (QED) is 0.182. The summed E-state index contributed by atoms with van der Waals surface area (Å²) in [7, 11) is 0. The molecular weight excluding hydrogens is 669 g/mol. The molecule has 0 aliphatic carbocycles. The van der Waals surface area contributed by atoms with Gasteiger partial charge in [-0.2, -0.15) is 0 Å². The lowest BCUT2D eigenvalue weighted by Crippen LogP contribution is -2.31. The number of nitrogens with zero attached hydrogens (tertiary/aromatic N) is 2. The molecule has 0 saturated carbocycles. The van der Waals surface area contributed by atoms with Gasteiger partial charge in [0.15, 0.2) is 5.58 Å². The summed E-state index contributed by atoms with van der Waals surface area (Å²) in [5.74, 6) is 0. The Labute approximate surface area is 321 Å². The fraction of sp³-hybridized carbons (Fsp3) is 0.115. The monoisotopic (exact) mass is 708 g/mol. The van der Waals surface area contributed by atoms with Crippen LogP contribution in [0.5, 0.6) is 0 Å². The molecule has 11 rings (SSSR count). The van der Waals surface area contributed by atoms with E-state index in [0.29, 0.717) is 0 Å². The summed E-state index contributed by atoms with van der Waals surface area (Å²) in [6.45, 7) is 9.47. The van der Waals surface area contributed by atoms with Gasteiger partial charge in [-0.3, -0.25) is 0 Å². The van der Waals surface area contributed by atoms with Gasteiger partial charge in [0.1, 0.15) is 5.58 Å². The summed E-state index contributed by atoms with van der Waals surface area (Å²) in [6.07, 6.45) is 0. The highest BCUT2D eigenvalue weighted by molar-refractivity contribution is 6.11. The van der Waals surface area contributed by atoms with Crippen LogP contribution in [0.1, 0.15) is 49.9 Å². The Bertz CT molecular complexity index is 3010. The zero-order valence-corrected chi connectivity index (χ0v) is 31.5. The van der Waals surface area contributed by atoms with Gasteiger partial charge >= 0.3 is 0 Å². The third kappa shape index (κ3) is 4.50. The van der Waals surface area contributed by atoms with E-state index in [1.165, 1.54) is 72.6 Å². The lowest BCUT2D eigenvalue weighted by atomic mass is 9.71. The minimum absolute atomic E-state index is 0.211. The van der Waals surface area contributed by atoms with E-state index in [4.69, 9.17) is 4.42 Å². The molecule has 0 saturated heterocycles. The van der Waals surface area contributed by atoms with Crippen molar-refractivity contribution >= 4 is 66.8 Å². The number of hydrogen-bond donors (Lipinski definition) is 0. The largest absolute Gasteiger partial charge is 0.454 e. The molecule has 2 aliphatic rings. The molecule has 0 N–H and O–H groups in total. The summed E-state index contributed by atoms with van der Waals surface area (Å²) in [5, 5.41) is 4.75. The lowest BCUT2D eigenvalue weighted by molar-refractivity contribution is 0.630. The van der Waals surface area contributed by atoms with Crippen LogP contribution in [-0.2, 0) is 10.8 Å². The average Bonchev–Trinajstić information content (AvgIpc) is 3.61. The number of rotatable bonds is 3. The predicted molar refractivity (Wildman–Crippen MR) is 230 cm³/mol. The molecule has 3 heteroatoms. The first kappa shape index (κ1) is 31.9. The van der Waals surface area contributed by atoms with Crippen LogP contribution in [0, 0.1) is 0 Å². The Kier molecular flexibility index (Phi) is 6.65. The maximum Gasteiger partial charge on any atom is 0.159 e. The van der Waals surface area contributed by atoms with Gasteiger partial charge < -0.3 is 14.2 Å². The van der Waals surface area contributed by atoms with E-state index in [1.807, 2.05) is 6.07 Å². The number of anilines is 6. The SMILES string of the molecule is CC1(C)c2ccccc2N(c2cccc3ccccc23)c2ccc(-c3ccc4c(c3)C(C)(C)c3ccccc3N4c3cccc4c3oc3ccccc34)cc21. The zero-order chi connectivity index (χ0) is 37.1. The molecule has 0 radical (unpaired) electrons. The molecule has 264 valence electrons. The second kappa shape index (κ2) is 11.5. The molecular formula is C52H40N2O. The summed E-state index contributed by atoms with van der Waals surface area (Å²) in [5.41, 5.74) is 16.1. The summed E-state index contributed by atoms with van der Waals surface area (Å²) in [4.78, 5) is 4.89. The molecule has 0 spiro atoms. The van der Waals surface area contributed by atoms with E-state index in [0.717, 1.165) is 27.6 Å². The molecule has 0 fully saturated rings. The maximum atomic E-state index is 6.63. The molecule has 0 amide bonds. The van der Waals surface area contributed by atoms with E-state index < -0.39 is 0 Å². The summed E-state index contributed by atoms with van der Waals surface area (Å²) >= 11 is 0. The van der Waals surface area contributed by atoms with Crippen molar-refractivity contribution in [2.24, 2.45) is 0 Å². The van der Waals surface area contributed by atoms with Gasteiger partial charge in [0.25, 0.3) is 0 Å². The normalized spacial score (nSPS) is 15.1. The van der Waals surface area contributed by atoms with Crippen molar-refractivity contribution in [3.05, 3.63) is 192 Å². The highest BCUT2D eigenvalue weighted by Gasteiger charge is 2.39. The van der Waals surface area contributed by atoms with Crippen molar-refractivity contribution in [1.29, 1.82) is 0 Å². The second-order valence-corrected chi connectivity index (χ2v) is 16.2.